The van der Waals surface area contributed by atoms with Gasteiger partial charge in [0.25, 0.3) is 5.91 Å². The monoisotopic (exact) mass is 1050 g/mol. The second-order valence-corrected chi connectivity index (χ2v) is 21.0. The van der Waals surface area contributed by atoms with E-state index in [-0.39, 0.29) is 40.9 Å². The van der Waals surface area contributed by atoms with Gasteiger partial charge in [0.05, 0.1) is 35.7 Å². The van der Waals surface area contributed by atoms with E-state index in [0.717, 1.165) is 13.8 Å². The number of rotatable bonds is 16. The first-order chi connectivity index (χ1) is 34.8. The van der Waals surface area contributed by atoms with Crippen LogP contribution in [0.5, 0.6) is 0 Å². The van der Waals surface area contributed by atoms with Gasteiger partial charge in [-0.3, -0.25) is 23.7 Å². The van der Waals surface area contributed by atoms with Gasteiger partial charge in [-0.05, 0) is 61.7 Å². The minimum Gasteiger partial charge on any atom is -0.455 e. The summed E-state index contributed by atoms with van der Waals surface area (Å²) in [6.07, 6.45) is -11.2. The van der Waals surface area contributed by atoms with Crippen LogP contribution < -0.4 is 5.32 Å². The van der Waals surface area contributed by atoms with Crippen LogP contribution in [0, 0.1) is 16.2 Å². The summed E-state index contributed by atoms with van der Waals surface area (Å²) in [5.41, 5.74) is -12.6. The molecule has 1 spiro atoms. The molecule has 1 unspecified atom stereocenters. The van der Waals surface area contributed by atoms with Crippen LogP contribution >= 0.6 is 7.82 Å². The van der Waals surface area contributed by atoms with Crippen LogP contribution in [0.4, 0.5) is 4.79 Å². The summed E-state index contributed by atoms with van der Waals surface area (Å²) in [4.78, 5) is 120. The van der Waals surface area contributed by atoms with Gasteiger partial charge in [0.2, 0.25) is 6.10 Å². The number of esters is 4. The lowest BCUT2D eigenvalue weighted by Gasteiger charge is -2.67. The molecule has 8 rings (SSSR count). The van der Waals surface area contributed by atoms with Crippen LogP contribution in [0.15, 0.2) is 102 Å². The van der Waals surface area contributed by atoms with Crippen LogP contribution in [-0.4, -0.2) is 124 Å². The number of hydrogen-bond acceptors (Lipinski definition) is 18. The summed E-state index contributed by atoms with van der Waals surface area (Å²) in [6.45, 7) is 7.85. The lowest BCUT2D eigenvalue weighted by atomic mass is 9.44. The summed E-state index contributed by atoms with van der Waals surface area (Å²) in [7, 11) is -5.20. The van der Waals surface area contributed by atoms with E-state index in [2.05, 4.69) is 5.32 Å². The van der Waals surface area contributed by atoms with Crippen molar-refractivity contribution >= 4 is 49.5 Å². The van der Waals surface area contributed by atoms with Gasteiger partial charge in [0.15, 0.2) is 29.9 Å². The van der Waals surface area contributed by atoms with Crippen molar-refractivity contribution < 1.29 is 95.4 Å². The van der Waals surface area contributed by atoms with Gasteiger partial charge in [-0.2, -0.15) is 0 Å². The fraction of sp³-hybridized carbons (Fsp3) is 0.481. The molecule has 1 aliphatic heterocycles. The highest BCUT2D eigenvalue weighted by Crippen LogP contribution is 2.85. The molecule has 3 saturated carbocycles. The predicted molar refractivity (Wildman–Crippen MR) is 253 cm³/mol. The number of aliphatic hydroxyl groups is 1. The molecule has 0 radical (unpaired) electrons. The van der Waals surface area contributed by atoms with E-state index in [1.165, 1.54) is 58.9 Å². The average molecular weight is 1050 g/mol. The Balaban J connectivity index is 1.35. The largest absolute Gasteiger partial charge is 0.509 e. The van der Waals surface area contributed by atoms with Gasteiger partial charge in [-0.25, -0.2) is 18.9 Å². The molecule has 1 saturated heterocycles. The minimum atomic E-state index is -5.20. The third kappa shape index (κ3) is 8.70. The van der Waals surface area contributed by atoms with Crippen molar-refractivity contribution in [3.05, 3.63) is 119 Å². The third-order valence-corrected chi connectivity index (χ3v) is 16.1. The third-order valence-electron chi connectivity index (χ3n) is 15.7. The SMILES string of the molecule is CCOC(=O)O[C@@H](C(=O)O[C@H]1C[C@]2(O)C(C)(C)C(=C1C)[C@@H](OC(C)=O)C(=O)[C@]1(C)[C@@H](OCOP(=O)(O)O)C[C@H]3OC[C@@]3(OC(C)=O)[C@]13CC23OC(=O)c1ccccc1)[C@@H](NC(=O)c1ccccc1)c1ccccc1. The van der Waals surface area contributed by atoms with E-state index in [1.54, 1.807) is 66.7 Å². The van der Waals surface area contributed by atoms with Crippen molar-refractivity contribution in [1.29, 1.82) is 0 Å². The zero-order valence-corrected chi connectivity index (χ0v) is 42.5. The topological polar surface area (TPSA) is 292 Å². The van der Waals surface area contributed by atoms with Crippen molar-refractivity contribution in [1.82, 2.24) is 5.32 Å². The number of carbonyl (C=O) groups is 7. The average Bonchev–Trinajstić information content (AvgIpc) is 4.03. The van der Waals surface area contributed by atoms with Crippen molar-refractivity contribution in [2.24, 2.45) is 16.2 Å². The van der Waals surface area contributed by atoms with Gasteiger partial charge in [0.1, 0.15) is 23.9 Å². The maximum absolute atomic E-state index is 16.3. The van der Waals surface area contributed by atoms with Crippen molar-refractivity contribution in [3.63, 3.8) is 0 Å². The molecule has 4 N–H and O–H groups in total. The number of carbonyl (C=O) groups excluding carboxylic acids is 7. The molecule has 1 amide bonds. The molecular formula is C52H58NO20P. The Labute approximate surface area is 425 Å². The quantitative estimate of drug-likeness (QED) is 0.0474. The number of hydrogen-bond donors (Lipinski definition) is 4. The maximum Gasteiger partial charge on any atom is 0.509 e. The van der Waals surface area contributed by atoms with Gasteiger partial charge in [-0.1, -0.05) is 80.6 Å². The lowest BCUT2D eigenvalue weighted by Crippen LogP contribution is -2.82. The number of nitrogens with one attached hydrogen (secondary N) is 1. The second-order valence-electron chi connectivity index (χ2n) is 19.8. The van der Waals surface area contributed by atoms with Crippen LogP contribution in [0.1, 0.15) is 100 Å². The zero-order chi connectivity index (χ0) is 53.8. The van der Waals surface area contributed by atoms with Gasteiger partial charge in [0, 0.05) is 44.1 Å². The molecule has 21 nitrogen and oxygen atoms in total. The fourth-order valence-corrected chi connectivity index (χ4v) is 12.6. The lowest BCUT2D eigenvalue weighted by molar-refractivity contribution is -0.354. The van der Waals surface area contributed by atoms with Crippen molar-refractivity contribution in [3.8, 4) is 0 Å². The van der Waals surface area contributed by atoms with Gasteiger partial charge in [-0.15, -0.1) is 0 Å². The smallest absolute Gasteiger partial charge is 0.455 e. The summed E-state index contributed by atoms with van der Waals surface area (Å²) in [5, 5.41) is 17.1. The first kappa shape index (κ1) is 54.0. The number of fused-ring (bicyclic) bond motifs is 4. The summed E-state index contributed by atoms with van der Waals surface area (Å²) < 4.78 is 65.1. The molecule has 22 heteroatoms. The molecule has 4 aliphatic carbocycles. The maximum atomic E-state index is 16.3. The fourth-order valence-electron chi connectivity index (χ4n) is 12.4. The van der Waals surface area contributed by atoms with Crippen molar-refractivity contribution in [2.45, 2.75) is 121 Å². The Kier molecular flexibility index (Phi) is 14.4. The minimum absolute atomic E-state index is 0.00555. The number of phosphoric ester groups is 1. The first-order valence-electron chi connectivity index (χ1n) is 23.9. The standard InChI is InChI=1S/C52H58NO20P/c1-8-65-46(60)71-41(39(32-18-12-9-13-19-32)53-43(57)33-20-14-10-15-21-33)45(59)70-35-25-51(61)47(5,6)38(29(35)2)40(69-30(3)54)42(56)48(7)36(67-28-68-74(62,63)64)24-37-49(27-66-37,72-31(4)55)50(48)26-52(50,51)73-44(58)34-22-16-11-17-23-34/h9-23,35-37,39-41,61H,8,24-28H2,1-7H3,(H,53,57)(H2,62,63,64)/t35-,36-,37+,39-,40+,41+,48-,49-,50-,51-,52?/m0/s1. The number of phosphoric acid groups is 1. The van der Waals surface area contributed by atoms with E-state index in [1.807, 2.05) is 0 Å². The number of amides is 1. The molecule has 2 bridgehead atoms. The molecule has 396 valence electrons. The number of ketones is 1. The normalized spacial score (nSPS) is 31.1. The molecule has 74 heavy (non-hydrogen) atoms. The van der Waals surface area contributed by atoms with Gasteiger partial charge < -0.3 is 58.1 Å². The highest BCUT2D eigenvalue weighted by atomic mass is 31.2. The van der Waals surface area contributed by atoms with Crippen LogP contribution in [-0.2, 0) is 66.2 Å². The Morgan fingerprint density at radius 3 is 2.01 bits per heavy atom. The van der Waals surface area contributed by atoms with Crippen LogP contribution in [0.2, 0.25) is 0 Å². The van der Waals surface area contributed by atoms with Crippen LogP contribution in [0.25, 0.3) is 0 Å². The van der Waals surface area contributed by atoms with E-state index >= 15 is 9.59 Å². The van der Waals surface area contributed by atoms with Crippen molar-refractivity contribution in [2.75, 3.05) is 20.0 Å². The van der Waals surface area contributed by atoms with Gasteiger partial charge >= 0.3 is 37.9 Å². The highest BCUT2D eigenvalue weighted by molar-refractivity contribution is 7.46. The van der Waals surface area contributed by atoms with Crippen LogP contribution in [0.3, 0.4) is 0 Å². The summed E-state index contributed by atoms with van der Waals surface area (Å²) in [6, 6.07) is 22.3. The number of ether oxygens (including phenoxy) is 8. The number of benzene rings is 3. The molecule has 3 aromatic carbocycles. The van der Waals surface area contributed by atoms with E-state index in [9.17, 15) is 43.4 Å². The molecule has 1 heterocycles. The molecular weight excluding hydrogens is 990 g/mol. The molecule has 0 aromatic heterocycles. The molecule has 4 fully saturated rings. The molecule has 3 aromatic rings. The first-order valence-corrected chi connectivity index (χ1v) is 25.4. The zero-order valence-electron chi connectivity index (χ0n) is 41.6. The molecule has 5 aliphatic rings. The second kappa shape index (κ2) is 19.8. The Morgan fingerprint density at radius 1 is 0.851 bits per heavy atom. The predicted octanol–water partition coefficient (Wildman–Crippen LogP) is 5.15. The van der Waals surface area contributed by atoms with E-state index in [0.29, 0.717) is 0 Å². The number of Topliss-reactive ketones (excluding diaryl/α,β-unsaturated/α-hetero) is 1. The Bertz CT molecular complexity index is 2800. The van der Waals surface area contributed by atoms with E-state index in [4.69, 9.17) is 42.4 Å². The van der Waals surface area contributed by atoms with E-state index < -0.39 is 145 Å². The molecule has 11 atom stereocenters. The summed E-state index contributed by atoms with van der Waals surface area (Å²) in [5.74, 6) is -5.77. The highest BCUT2D eigenvalue weighted by Gasteiger charge is 2.99. The Morgan fingerprint density at radius 2 is 1.46 bits per heavy atom. The Hall–Kier alpha value is -6.32. The summed E-state index contributed by atoms with van der Waals surface area (Å²) >= 11 is 0.